The Labute approximate surface area is 253 Å². The molecule has 44 heavy (non-hydrogen) atoms. The molecule has 11 nitrogen and oxygen atoms in total. The fourth-order valence-electron chi connectivity index (χ4n) is 4.16. The summed E-state index contributed by atoms with van der Waals surface area (Å²) in [4.78, 5) is 36.7. The molecule has 2 N–H and O–H groups in total. The third-order valence-electron chi connectivity index (χ3n) is 6.45. The summed E-state index contributed by atoms with van der Waals surface area (Å²) in [5, 5.41) is 17.5. The Morgan fingerprint density at radius 1 is 1.09 bits per heavy atom. The molecule has 18 heteroatoms. The van der Waals surface area contributed by atoms with Crippen LogP contribution in [0.4, 0.5) is 32.2 Å². The van der Waals surface area contributed by atoms with E-state index >= 15 is 0 Å². The van der Waals surface area contributed by atoms with Crippen LogP contribution in [0.1, 0.15) is 49.4 Å². The van der Waals surface area contributed by atoms with Crippen LogP contribution in [0, 0.1) is 0 Å². The van der Waals surface area contributed by atoms with Crippen LogP contribution in [0.25, 0.3) is 11.0 Å². The number of carboxylic acids is 2. The SMILES string of the molecule is COCCN(C)c1nc(C2CCN(Cc3nccs3)CC2)cc2c1ncn2C(C)C.O=C(O)C(F)(F)F.O=C(O)C(F)(F)F. The summed E-state index contributed by atoms with van der Waals surface area (Å²) in [7, 11) is 3.82. The number of imidazole rings is 1. The average molecular weight is 657 g/mol. The average Bonchev–Trinajstić information content (AvgIpc) is 3.61. The van der Waals surface area contributed by atoms with Gasteiger partial charge in [0.25, 0.3) is 0 Å². The van der Waals surface area contributed by atoms with Crippen molar-refractivity contribution in [1.82, 2.24) is 24.4 Å². The number of likely N-dealkylation sites (N-methyl/N-ethyl adjacent to an activating group) is 1. The lowest BCUT2D eigenvalue weighted by Gasteiger charge is -2.31. The number of halogens is 6. The molecule has 1 aliphatic heterocycles. The number of carbonyl (C=O) groups is 2. The van der Waals surface area contributed by atoms with Crippen molar-refractivity contribution in [2.45, 2.75) is 57.5 Å². The number of ether oxygens (including phenoxy) is 1. The van der Waals surface area contributed by atoms with Gasteiger partial charge in [0, 0.05) is 49.9 Å². The molecule has 0 radical (unpaired) electrons. The van der Waals surface area contributed by atoms with Gasteiger partial charge in [0.15, 0.2) is 5.82 Å². The predicted molar refractivity (Wildman–Crippen MR) is 150 cm³/mol. The van der Waals surface area contributed by atoms with Crippen molar-refractivity contribution in [3.8, 4) is 0 Å². The first kappa shape index (κ1) is 36.7. The van der Waals surface area contributed by atoms with Crippen molar-refractivity contribution in [2.24, 2.45) is 0 Å². The number of alkyl halides is 6. The molecule has 4 rings (SSSR count). The molecule has 3 aromatic heterocycles. The Bertz CT molecular complexity index is 1320. The van der Waals surface area contributed by atoms with E-state index in [1.165, 1.54) is 16.2 Å². The number of hydrogen-bond acceptors (Lipinski definition) is 9. The van der Waals surface area contributed by atoms with Crippen LogP contribution >= 0.6 is 11.3 Å². The Balaban J connectivity index is 0.000000402. The molecule has 0 aromatic carbocycles. The zero-order chi connectivity index (χ0) is 33.2. The van der Waals surface area contributed by atoms with E-state index in [-0.39, 0.29) is 0 Å². The van der Waals surface area contributed by atoms with Gasteiger partial charge >= 0.3 is 24.3 Å². The van der Waals surface area contributed by atoms with Gasteiger partial charge in [-0.05, 0) is 45.8 Å². The fourth-order valence-corrected chi connectivity index (χ4v) is 4.82. The molecule has 3 aromatic rings. The van der Waals surface area contributed by atoms with Crippen LogP contribution < -0.4 is 4.90 Å². The quantitative estimate of drug-likeness (QED) is 0.312. The number of pyridine rings is 1. The van der Waals surface area contributed by atoms with Gasteiger partial charge in [-0.25, -0.2) is 24.5 Å². The number of aromatic nitrogens is 4. The maximum Gasteiger partial charge on any atom is 0.490 e. The molecule has 0 spiro atoms. The smallest absolute Gasteiger partial charge is 0.475 e. The van der Waals surface area contributed by atoms with Gasteiger partial charge < -0.3 is 24.4 Å². The lowest BCUT2D eigenvalue weighted by Crippen LogP contribution is -2.33. The van der Waals surface area contributed by atoms with Crippen LogP contribution in [0.5, 0.6) is 0 Å². The first-order chi connectivity index (χ1) is 20.4. The number of methoxy groups -OCH3 is 1. The van der Waals surface area contributed by atoms with Crippen LogP contribution in [0.2, 0.25) is 0 Å². The van der Waals surface area contributed by atoms with E-state index in [2.05, 4.69) is 51.7 Å². The number of fused-ring (bicyclic) bond motifs is 1. The summed E-state index contributed by atoms with van der Waals surface area (Å²) in [5.41, 5.74) is 3.35. The van der Waals surface area contributed by atoms with E-state index in [4.69, 9.17) is 34.5 Å². The monoisotopic (exact) mass is 656 g/mol. The van der Waals surface area contributed by atoms with Gasteiger partial charge in [0.2, 0.25) is 0 Å². The third-order valence-corrected chi connectivity index (χ3v) is 7.21. The van der Waals surface area contributed by atoms with E-state index in [0.717, 1.165) is 50.4 Å². The molecular formula is C26H34F6N6O5S. The van der Waals surface area contributed by atoms with Gasteiger partial charge in [-0.15, -0.1) is 11.3 Å². The molecule has 0 bridgehead atoms. The molecule has 1 saturated heterocycles. The van der Waals surface area contributed by atoms with Gasteiger partial charge in [-0.2, -0.15) is 26.3 Å². The van der Waals surface area contributed by atoms with E-state index in [0.29, 0.717) is 18.6 Å². The number of thiazole rings is 1. The molecule has 0 amide bonds. The zero-order valence-electron chi connectivity index (χ0n) is 24.4. The van der Waals surface area contributed by atoms with Crippen molar-refractivity contribution in [2.75, 3.05) is 45.3 Å². The fraction of sp³-hybridized carbons (Fsp3) is 0.577. The second kappa shape index (κ2) is 16.0. The minimum atomic E-state index is -5.08. The van der Waals surface area contributed by atoms with Crippen LogP contribution in [-0.4, -0.2) is 99.3 Å². The van der Waals surface area contributed by atoms with Crippen molar-refractivity contribution >= 4 is 40.1 Å². The molecule has 0 saturated carbocycles. The second-order valence-corrected chi connectivity index (χ2v) is 11.0. The number of carboxylic acid groups (broad SMARTS) is 2. The van der Waals surface area contributed by atoms with E-state index in [9.17, 15) is 26.3 Å². The summed E-state index contributed by atoms with van der Waals surface area (Å²) < 4.78 is 71.0. The van der Waals surface area contributed by atoms with E-state index in [1.54, 1.807) is 18.4 Å². The van der Waals surface area contributed by atoms with Crippen LogP contribution in [0.3, 0.4) is 0 Å². The molecule has 0 aliphatic carbocycles. The van der Waals surface area contributed by atoms with Crippen molar-refractivity contribution in [1.29, 1.82) is 0 Å². The van der Waals surface area contributed by atoms with Crippen LogP contribution in [0.15, 0.2) is 24.0 Å². The Hall–Kier alpha value is -3.51. The third kappa shape index (κ3) is 10.9. The molecule has 0 unspecified atom stereocenters. The molecule has 1 aliphatic rings. The normalized spacial score (nSPS) is 14.5. The molecule has 0 atom stereocenters. The predicted octanol–water partition coefficient (Wildman–Crippen LogP) is 5.20. The van der Waals surface area contributed by atoms with Crippen molar-refractivity contribution in [3.05, 3.63) is 34.7 Å². The van der Waals surface area contributed by atoms with Gasteiger partial charge in [0.05, 0.1) is 25.0 Å². The Kier molecular flexibility index (Phi) is 13.3. The van der Waals surface area contributed by atoms with E-state index in [1.807, 2.05) is 12.5 Å². The number of nitrogens with zero attached hydrogens (tertiary/aromatic N) is 6. The lowest BCUT2D eigenvalue weighted by atomic mass is 9.92. The number of aliphatic carboxylic acids is 2. The minimum absolute atomic E-state index is 0.363. The van der Waals surface area contributed by atoms with E-state index < -0.39 is 24.3 Å². The summed E-state index contributed by atoms with van der Waals surface area (Å²) in [6.45, 7) is 9.00. The highest BCUT2D eigenvalue weighted by Crippen LogP contribution is 2.33. The number of likely N-dealkylation sites (tertiary alicyclic amines) is 1. The largest absolute Gasteiger partial charge is 0.490 e. The van der Waals surface area contributed by atoms with Crippen molar-refractivity contribution < 1.29 is 50.9 Å². The summed E-state index contributed by atoms with van der Waals surface area (Å²) in [6, 6.07) is 2.64. The van der Waals surface area contributed by atoms with Gasteiger partial charge in [-0.1, -0.05) is 0 Å². The number of hydrogen-bond donors (Lipinski definition) is 2. The zero-order valence-corrected chi connectivity index (χ0v) is 25.2. The molecular weight excluding hydrogens is 622 g/mol. The standard InChI is InChI=1S/C22H32N6OS.2C2HF3O2/c1-16(2)28-15-24-21-19(28)13-18(25-22(21)26(3)10-11-29-4)17-5-8-27(9-6-17)14-20-23-7-12-30-20;2*3-2(4,5)1(6)7/h7,12-13,15-17H,5-6,8-11,14H2,1-4H3;2*(H,6,7). The lowest BCUT2D eigenvalue weighted by molar-refractivity contribution is -0.193. The number of anilines is 1. The minimum Gasteiger partial charge on any atom is -0.475 e. The Morgan fingerprint density at radius 3 is 2.11 bits per heavy atom. The van der Waals surface area contributed by atoms with Crippen molar-refractivity contribution in [3.63, 3.8) is 0 Å². The number of piperidine rings is 1. The molecule has 4 heterocycles. The first-order valence-electron chi connectivity index (χ1n) is 13.2. The highest BCUT2D eigenvalue weighted by Gasteiger charge is 2.39. The number of rotatable bonds is 8. The first-order valence-corrected chi connectivity index (χ1v) is 14.1. The maximum atomic E-state index is 10.6. The van der Waals surface area contributed by atoms with Crippen LogP contribution in [-0.2, 0) is 20.9 Å². The highest BCUT2D eigenvalue weighted by atomic mass is 32.1. The maximum absolute atomic E-state index is 10.6. The van der Waals surface area contributed by atoms with Gasteiger partial charge in [-0.3, -0.25) is 4.90 Å². The highest BCUT2D eigenvalue weighted by molar-refractivity contribution is 7.09. The second-order valence-electron chi connectivity index (χ2n) is 9.98. The van der Waals surface area contributed by atoms with Gasteiger partial charge in [0.1, 0.15) is 10.5 Å². The molecule has 1 fully saturated rings. The Morgan fingerprint density at radius 2 is 1.66 bits per heavy atom. The summed E-state index contributed by atoms with van der Waals surface area (Å²) >= 11 is 1.74. The topological polar surface area (TPSA) is 134 Å². The molecule has 246 valence electrons. The summed E-state index contributed by atoms with van der Waals surface area (Å²) in [5.74, 6) is -4.07. The summed E-state index contributed by atoms with van der Waals surface area (Å²) in [6.07, 6.45) is -4.07.